The molecule has 0 N–H and O–H groups in total. The molecule has 0 saturated heterocycles. The highest BCUT2D eigenvalue weighted by Crippen LogP contribution is 1.92. The van der Waals surface area contributed by atoms with Crippen LogP contribution >= 0.6 is 0 Å². The summed E-state index contributed by atoms with van der Waals surface area (Å²) >= 11 is 0. The van der Waals surface area contributed by atoms with Gasteiger partial charge >= 0.3 is 5.97 Å². The largest absolute Gasteiger partial charge is 0.467 e. The van der Waals surface area contributed by atoms with Crippen LogP contribution < -0.4 is 0 Å². The zero-order valence-electron chi connectivity index (χ0n) is 5.05. The van der Waals surface area contributed by atoms with E-state index < -0.39 is 11.9 Å². The van der Waals surface area contributed by atoms with Gasteiger partial charge in [-0.2, -0.15) is 0 Å². The Balaban J connectivity index is 4.05. The molecule has 0 bridgehead atoms. The lowest BCUT2D eigenvalue weighted by Gasteiger charge is -1.97. The first kappa shape index (κ1) is 7.59. The van der Waals surface area contributed by atoms with Crippen molar-refractivity contribution in [2.75, 3.05) is 7.11 Å². The number of carbonyl (C=O) groups is 1. The number of hydrogen-bond donors (Lipinski definition) is 0. The number of methoxy groups -OCH3 is 1. The Hall–Kier alpha value is -1.41. The summed E-state index contributed by atoms with van der Waals surface area (Å²) in [6.07, 6.45) is 9.73. The van der Waals surface area contributed by atoms with Crippen molar-refractivity contribution in [3.63, 3.8) is 0 Å². The smallest absolute Gasteiger partial charge is 0.333 e. The molecule has 2 heteroatoms. The average Bonchev–Trinajstić information content (AvgIpc) is 1.90. The summed E-state index contributed by atoms with van der Waals surface area (Å²) in [7, 11) is 1.24. The van der Waals surface area contributed by atoms with Crippen molar-refractivity contribution in [1.29, 1.82) is 0 Å². The second kappa shape index (κ2) is 3.57. The van der Waals surface area contributed by atoms with Gasteiger partial charge in [0.1, 0.15) is 0 Å². The predicted octanol–water partition coefficient (Wildman–Crippen LogP) is 0.0420. The number of ether oxygens (including phenoxy) is 1. The van der Waals surface area contributed by atoms with Crippen LogP contribution in [0.2, 0.25) is 0 Å². The van der Waals surface area contributed by atoms with Crippen molar-refractivity contribution in [2.24, 2.45) is 5.92 Å². The van der Waals surface area contributed by atoms with Crippen LogP contribution in [0.25, 0.3) is 0 Å². The lowest BCUT2D eigenvalue weighted by atomic mass is 10.2. The molecule has 0 unspecified atom stereocenters. The molecule has 0 rings (SSSR count). The molecule has 0 heterocycles. The van der Waals surface area contributed by atoms with Gasteiger partial charge in [0.15, 0.2) is 5.92 Å². The Bertz CT molecular complexity index is 166. The lowest BCUT2D eigenvalue weighted by Crippen LogP contribution is -2.11. The number of carbonyl (C=O) groups excluding carboxylic acids is 1. The zero-order chi connectivity index (χ0) is 7.28. The molecule has 0 aliphatic heterocycles. The van der Waals surface area contributed by atoms with Crippen molar-refractivity contribution in [3.05, 3.63) is 0 Å². The van der Waals surface area contributed by atoms with E-state index in [0.29, 0.717) is 0 Å². The topological polar surface area (TPSA) is 26.3 Å². The zero-order valence-corrected chi connectivity index (χ0v) is 5.05. The summed E-state index contributed by atoms with van der Waals surface area (Å²) in [6, 6.07) is 0. The van der Waals surface area contributed by atoms with Gasteiger partial charge in [-0.25, -0.2) is 4.79 Å². The molecule has 0 aromatic carbocycles. The fourth-order valence-corrected chi connectivity index (χ4v) is 0.302. The van der Waals surface area contributed by atoms with Gasteiger partial charge < -0.3 is 4.74 Å². The average molecular weight is 122 g/mol. The minimum atomic E-state index is -0.838. The highest BCUT2D eigenvalue weighted by Gasteiger charge is 2.10. The number of terminal acetylenes is 2. The highest BCUT2D eigenvalue weighted by atomic mass is 16.5. The van der Waals surface area contributed by atoms with Crippen molar-refractivity contribution in [2.45, 2.75) is 0 Å². The van der Waals surface area contributed by atoms with Gasteiger partial charge in [0.25, 0.3) is 0 Å². The van der Waals surface area contributed by atoms with Crippen LogP contribution in [0.15, 0.2) is 0 Å². The summed E-state index contributed by atoms with van der Waals surface area (Å²) in [6.45, 7) is 0. The van der Waals surface area contributed by atoms with Crippen LogP contribution in [0.5, 0.6) is 0 Å². The molecule has 9 heavy (non-hydrogen) atoms. The van der Waals surface area contributed by atoms with E-state index in [9.17, 15) is 4.79 Å². The molecule has 0 aromatic rings. The first-order valence-electron chi connectivity index (χ1n) is 2.26. The Labute approximate surface area is 54.2 Å². The van der Waals surface area contributed by atoms with Gasteiger partial charge in [0.2, 0.25) is 0 Å². The maximum atomic E-state index is 10.5. The summed E-state index contributed by atoms with van der Waals surface area (Å²) in [5.41, 5.74) is 0. The maximum Gasteiger partial charge on any atom is 0.333 e. The van der Waals surface area contributed by atoms with Crippen molar-refractivity contribution in [1.82, 2.24) is 0 Å². The number of hydrogen-bond acceptors (Lipinski definition) is 2. The van der Waals surface area contributed by atoms with Crippen molar-refractivity contribution >= 4 is 5.97 Å². The van der Waals surface area contributed by atoms with Gasteiger partial charge in [-0.05, 0) is 0 Å². The third kappa shape index (κ3) is 1.88. The SMILES string of the molecule is C#CC(C#C)C(=O)OC. The second-order valence-corrected chi connectivity index (χ2v) is 1.29. The molecule has 2 nitrogen and oxygen atoms in total. The normalized spacial score (nSPS) is 7.56. The van der Waals surface area contributed by atoms with E-state index in [4.69, 9.17) is 12.8 Å². The lowest BCUT2D eigenvalue weighted by molar-refractivity contribution is -0.141. The molecule has 46 valence electrons. The summed E-state index contributed by atoms with van der Waals surface area (Å²) in [4.78, 5) is 10.5. The third-order valence-electron chi connectivity index (χ3n) is 0.770. The molecule has 0 aliphatic rings. The van der Waals surface area contributed by atoms with E-state index in [0.717, 1.165) is 0 Å². The summed E-state index contributed by atoms with van der Waals surface area (Å²) in [5.74, 6) is 2.79. The molecule has 0 atom stereocenters. The molecular weight excluding hydrogens is 116 g/mol. The molecule has 0 fully saturated rings. The molecular formula is C7H6O2. The van der Waals surface area contributed by atoms with Crippen LogP contribution in [0.1, 0.15) is 0 Å². The Morgan fingerprint density at radius 2 is 2.00 bits per heavy atom. The van der Waals surface area contributed by atoms with Crippen LogP contribution in [-0.4, -0.2) is 13.1 Å². The van der Waals surface area contributed by atoms with E-state index in [1.807, 2.05) is 0 Å². The van der Waals surface area contributed by atoms with Gasteiger partial charge in [-0.15, -0.1) is 12.8 Å². The summed E-state index contributed by atoms with van der Waals surface area (Å²) < 4.78 is 4.27. The van der Waals surface area contributed by atoms with Gasteiger partial charge in [0, 0.05) is 0 Å². The van der Waals surface area contributed by atoms with E-state index in [1.165, 1.54) is 7.11 Å². The Morgan fingerprint density at radius 3 is 2.11 bits per heavy atom. The summed E-state index contributed by atoms with van der Waals surface area (Å²) in [5, 5.41) is 0. The fraction of sp³-hybridized carbons (Fsp3) is 0.286. The van der Waals surface area contributed by atoms with Crippen LogP contribution in [0, 0.1) is 30.6 Å². The maximum absolute atomic E-state index is 10.5. The first-order chi connectivity index (χ1) is 4.26. The van der Waals surface area contributed by atoms with Gasteiger partial charge in [0.05, 0.1) is 7.11 Å². The van der Waals surface area contributed by atoms with Crippen LogP contribution in [0.4, 0.5) is 0 Å². The van der Waals surface area contributed by atoms with Crippen molar-refractivity contribution < 1.29 is 9.53 Å². The standard InChI is InChI=1S/C7H6O2/c1-4-6(5-2)7(8)9-3/h1-2,6H,3H3. The predicted molar refractivity (Wildman–Crippen MR) is 33.2 cm³/mol. The van der Waals surface area contributed by atoms with E-state index in [-0.39, 0.29) is 0 Å². The first-order valence-corrected chi connectivity index (χ1v) is 2.26. The second-order valence-electron chi connectivity index (χ2n) is 1.29. The van der Waals surface area contributed by atoms with Crippen LogP contribution in [-0.2, 0) is 9.53 Å². The minimum Gasteiger partial charge on any atom is -0.467 e. The monoisotopic (exact) mass is 122 g/mol. The minimum absolute atomic E-state index is 0.556. The molecule has 0 aliphatic carbocycles. The third-order valence-corrected chi connectivity index (χ3v) is 0.770. The molecule has 0 saturated carbocycles. The van der Waals surface area contributed by atoms with Crippen LogP contribution in [0.3, 0.4) is 0 Å². The van der Waals surface area contributed by atoms with E-state index in [2.05, 4.69) is 16.6 Å². The van der Waals surface area contributed by atoms with Gasteiger partial charge in [-0.1, -0.05) is 11.8 Å². The molecule has 0 radical (unpaired) electrons. The van der Waals surface area contributed by atoms with Gasteiger partial charge in [-0.3, -0.25) is 0 Å². The fourth-order valence-electron chi connectivity index (χ4n) is 0.302. The Morgan fingerprint density at radius 1 is 1.56 bits per heavy atom. The van der Waals surface area contributed by atoms with E-state index in [1.54, 1.807) is 0 Å². The van der Waals surface area contributed by atoms with Crippen molar-refractivity contribution in [3.8, 4) is 24.7 Å². The molecule has 0 amide bonds. The number of esters is 1. The molecule has 0 aromatic heterocycles. The highest BCUT2D eigenvalue weighted by molar-refractivity contribution is 5.78. The quantitative estimate of drug-likeness (QED) is 0.362. The Kier molecular flexibility index (Phi) is 3.01. The number of rotatable bonds is 1. The van der Waals surface area contributed by atoms with E-state index >= 15 is 0 Å². The molecule has 0 spiro atoms.